The van der Waals surface area contributed by atoms with E-state index in [1.54, 1.807) is 11.6 Å². The van der Waals surface area contributed by atoms with Crippen molar-refractivity contribution in [1.82, 2.24) is 5.27 Å². The maximum Gasteiger partial charge on any atom is 0.442 e. The van der Waals surface area contributed by atoms with E-state index in [2.05, 4.69) is 10.6 Å². The summed E-state index contributed by atoms with van der Waals surface area (Å²) in [5.41, 5.74) is 3.16. The predicted octanol–water partition coefficient (Wildman–Crippen LogP) is 2.98. The standard InChI is InChI=1S/C19H19N3O3S/c1-12-7-9-16(10-8-12)22-18(19(24)25-21-22)26-14(3)17(23)20-15-6-4-5-13(2)11-15/h4-11,14H,1-3H3,(H-,20,21,23,24)/p+1. The molecule has 7 heteroatoms. The summed E-state index contributed by atoms with van der Waals surface area (Å²) in [6, 6.07) is 15.2. The Labute approximate surface area is 155 Å². The van der Waals surface area contributed by atoms with Crippen LogP contribution in [0.2, 0.25) is 0 Å². The number of anilines is 1. The van der Waals surface area contributed by atoms with E-state index >= 15 is 0 Å². The molecular weight excluding hydrogens is 350 g/mol. The van der Waals surface area contributed by atoms with Gasteiger partial charge in [0.2, 0.25) is 11.6 Å². The number of H-pyrrole nitrogens is 1. The zero-order chi connectivity index (χ0) is 18.7. The van der Waals surface area contributed by atoms with Gasteiger partial charge in [0.25, 0.3) is 0 Å². The molecule has 0 radical (unpaired) electrons. The molecule has 0 fully saturated rings. The minimum atomic E-state index is -0.509. The molecule has 26 heavy (non-hydrogen) atoms. The number of thioether (sulfide) groups is 1. The molecule has 2 aromatic carbocycles. The van der Waals surface area contributed by atoms with Crippen molar-refractivity contribution in [3.63, 3.8) is 0 Å². The average Bonchev–Trinajstić information content (AvgIpc) is 2.96. The SMILES string of the molecule is Cc1ccc(-[n+]2[nH]oc(=O)c2SC(C)C(=O)Nc2cccc(C)c2)cc1. The number of benzene rings is 2. The number of aromatic amines is 1. The first-order chi connectivity index (χ1) is 12.4. The molecule has 0 saturated heterocycles. The van der Waals surface area contributed by atoms with Gasteiger partial charge in [0, 0.05) is 17.8 Å². The van der Waals surface area contributed by atoms with Crippen molar-refractivity contribution >= 4 is 23.4 Å². The van der Waals surface area contributed by atoms with E-state index in [1.807, 2.05) is 62.4 Å². The third-order valence-corrected chi connectivity index (χ3v) is 4.98. The van der Waals surface area contributed by atoms with E-state index in [4.69, 9.17) is 4.52 Å². The Morgan fingerprint density at radius 1 is 1.15 bits per heavy atom. The maximum atomic E-state index is 12.5. The molecule has 1 heterocycles. The van der Waals surface area contributed by atoms with Gasteiger partial charge in [-0.15, -0.1) is 0 Å². The number of hydrogen-bond donors (Lipinski definition) is 2. The number of rotatable bonds is 5. The second kappa shape index (κ2) is 7.61. The molecule has 3 rings (SSSR count). The van der Waals surface area contributed by atoms with Crippen LogP contribution in [0.5, 0.6) is 0 Å². The summed E-state index contributed by atoms with van der Waals surface area (Å²) in [4.78, 5) is 24.5. The molecule has 1 unspecified atom stereocenters. The van der Waals surface area contributed by atoms with Gasteiger partial charge in [0.1, 0.15) is 0 Å². The summed E-state index contributed by atoms with van der Waals surface area (Å²) in [7, 11) is 0. The molecule has 1 atom stereocenters. The van der Waals surface area contributed by atoms with Gasteiger partial charge >= 0.3 is 10.7 Å². The van der Waals surface area contributed by atoms with E-state index in [9.17, 15) is 9.59 Å². The number of aromatic nitrogens is 2. The van der Waals surface area contributed by atoms with Crippen LogP contribution in [0, 0.1) is 13.8 Å². The van der Waals surface area contributed by atoms with Crippen molar-refractivity contribution in [3.05, 3.63) is 70.1 Å². The van der Waals surface area contributed by atoms with E-state index in [0.29, 0.717) is 5.03 Å². The van der Waals surface area contributed by atoms with E-state index in [0.717, 1.165) is 34.3 Å². The summed E-state index contributed by atoms with van der Waals surface area (Å²) in [6.07, 6.45) is 0. The second-order valence-corrected chi connectivity index (χ2v) is 7.41. The lowest BCUT2D eigenvalue weighted by atomic mass is 10.2. The van der Waals surface area contributed by atoms with Crippen molar-refractivity contribution in [2.75, 3.05) is 5.32 Å². The van der Waals surface area contributed by atoms with E-state index in [-0.39, 0.29) is 5.91 Å². The predicted molar refractivity (Wildman–Crippen MR) is 101 cm³/mol. The van der Waals surface area contributed by atoms with E-state index < -0.39 is 10.9 Å². The highest BCUT2D eigenvalue weighted by Gasteiger charge is 2.29. The smallest absolute Gasteiger partial charge is 0.325 e. The molecule has 0 aliphatic carbocycles. The minimum absolute atomic E-state index is 0.184. The summed E-state index contributed by atoms with van der Waals surface area (Å²) >= 11 is 1.15. The van der Waals surface area contributed by atoms with Crippen molar-refractivity contribution in [2.24, 2.45) is 0 Å². The number of carbonyl (C=O) groups excluding carboxylic acids is 1. The molecule has 3 aromatic rings. The summed E-state index contributed by atoms with van der Waals surface area (Å²) in [5.74, 6) is -0.184. The molecular formula is C19H20N3O3S+. The van der Waals surface area contributed by atoms with Crippen LogP contribution in [0.4, 0.5) is 5.69 Å². The van der Waals surface area contributed by atoms with Crippen LogP contribution in [0.25, 0.3) is 5.69 Å². The van der Waals surface area contributed by atoms with Crippen LogP contribution >= 0.6 is 11.8 Å². The molecule has 134 valence electrons. The molecule has 2 N–H and O–H groups in total. The fourth-order valence-electron chi connectivity index (χ4n) is 2.42. The Hall–Kier alpha value is -2.80. The Kier molecular flexibility index (Phi) is 5.27. The first kappa shape index (κ1) is 18.0. The van der Waals surface area contributed by atoms with Gasteiger partial charge in [0.05, 0.1) is 5.25 Å². The van der Waals surface area contributed by atoms with Gasteiger partial charge in [-0.3, -0.25) is 9.32 Å². The van der Waals surface area contributed by atoms with Crippen LogP contribution in [0.3, 0.4) is 0 Å². The van der Waals surface area contributed by atoms with Crippen molar-refractivity contribution in [2.45, 2.75) is 31.0 Å². The first-order valence-electron chi connectivity index (χ1n) is 8.19. The summed E-state index contributed by atoms with van der Waals surface area (Å²) < 4.78 is 6.47. The van der Waals surface area contributed by atoms with Gasteiger partial charge in [-0.2, -0.15) is 0 Å². The molecule has 6 nitrogen and oxygen atoms in total. The maximum absolute atomic E-state index is 12.5. The van der Waals surface area contributed by atoms with Crippen molar-refractivity contribution in [1.29, 1.82) is 0 Å². The largest absolute Gasteiger partial charge is 0.442 e. The van der Waals surface area contributed by atoms with Crippen LogP contribution in [-0.2, 0) is 4.79 Å². The zero-order valence-corrected chi connectivity index (χ0v) is 15.6. The Bertz CT molecular complexity index is 976. The Morgan fingerprint density at radius 2 is 1.88 bits per heavy atom. The fraction of sp³-hybridized carbons (Fsp3) is 0.211. The molecule has 0 spiro atoms. The highest BCUT2D eigenvalue weighted by molar-refractivity contribution is 8.00. The molecule has 0 aliphatic heterocycles. The minimum Gasteiger partial charge on any atom is -0.325 e. The Balaban J connectivity index is 1.78. The zero-order valence-electron chi connectivity index (χ0n) is 14.8. The third-order valence-electron chi connectivity index (χ3n) is 3.84. The topological polar surface area (TPSA) is 79.0 Å². The normalized spacial score (nSPS) is 12.0. The van der Waals surface area contributed by atoms with Crippen LogP contribution in [0.15, 0.2) is 62.9 Å². The number of carbonyl (C=O) groups is 1. The number of nitrogens with zero attached hydrogens (tertiary/aromatic N) is 1. The fourth-order valence-corrected chi connectivity index (χ4v) is 3.30. The van der Waals surface area contributed by atoms with Crippen molar-refractivity contribution < 1.29 is 14.0 Å². The lowest BCUT2D eigenvalue weighted by Crippen LogP contribution is -2.37. The first-order valence-corrected chi connectivity index (χ1v) is 9.07. The molecule has 0 bridgehead atoms. The number of aryl methyl sites for hydroxylation is 2. The van der Waals surface area contributed by atoms with Gasteiger partial charge in [-0.25, -0.2) is 4.79 Å². The van der Waals surface area contributed by atoms with Crippen molar-refractivity contribution in [3.8, 4) is 5.69 Å². The number of hydrogen-bond acceptors (Lipinski definition) is 4. The molecule has 1 aromatic heterocycles. The lowest BCUT2D eigenvalue weighted by Gasteiger charge is -2.09. The monoisotopic (exact) mass is 370 g/mol. The van der Waals surface area contributed by atoms with Gasteiger partial charge in [-0.1, -0.05) is 29.8 Å². The van der Waals surface area contributed by atoms with E-state index in [1.165, 1.54) is 0 Å². The highest BCUT2D eigenvalue weighted by atomic mass is 32.2. The molecule has 1 amide bonds. The third kappa shape index (κ3) is 4.05. The summed E-state index contributed by atoms with van der Waals surface area (Å²) in [6.45, 7) is 5.70. The average molecular weight is 370 g/mol. The lowest BCUT2D eigenvalue weighted by molar-refractivity contribution is -0.704. The van der Waals surface area contributed by atoms with Gasteiger partial charge < -0.3 is 5.32 Å². The molecule has 0 saturated carbocycles. The van der Waals surface area contributed by atoms with Crippen LogP contribution < -0.4 is 15.6 Å². The van der Waals surface area contributed by atoms with Gasteiger partial charge in [0.15, 0.2) is 0 Å². The molecule has 0 aliphatic rings. The Morgan fingerprint density at radius 3 is 2.58 bits per heavy atom. The number of nitrogens with one attached hydrogen (secondary N) is 2. The van der Waals surface area contributed by atoms with Crippen LogP contribution in [-0.4, -0.2) is 16.4 Å². The van der Waals surface area contributed by atoms with Gasteiger partial charge in [-0.05, 0) is 60.2 Å². The highest BCUT2D eigenvalue weighted by Crippen LogP contribution is 2.20. The van der Waals surface area contributed by atoms with Crippen LogP contribution in [0.1, 0.15) is 18.1 Å². The quantitative estimate of drug-likeness (QED) is 0.535. The number of amides is 1. The second-order valence-electron chi connectivity index (χ2n) is 6.08. The summed E-state index contributed by atoms with van der Waals surface area (Å²) in [5, 5.41) is 5.30.